The Balaban J connectivity index is 1.60. The van der Waals surface area contributed by atoms with Crippen LogP contribution in [0.3, 0.4) is 0 Å². The van der Waals surface area contributed by atoms with Crippen LogP contribution >= 0.6 is 0 Å². The van der Waals surface area contributed by atoms with E-state index in [1.807, 2.05) is 7.05 Å². The van der Waals surface area contributed by atoms with Crippen LogP contribution in [-0.2, 0) is 4.79 Å². The van der Waals surface area contributed by atoms with Gasteiger partial charge < -0.3 is 27.4 Å². The minimum Gasteiger partial charge on any atom is -0.350 e. The van der Waals surface area contributed by atoms with E-state index >= 15 is 0 Å². The van der Waals surface area contributed by atoms with Gasteiger partial charge in [0.05, 0.1) is 24.7 Å². The van der Waals surface area contributed by atoms with E-state index in [0.717, 1.165) is 76.9 Å². The predicted molar refractivity (Wildman–Crippen MR) is 142 cm³/mol. The van der Waals surface area contributed by atoms with E-state index in [2.05, 4.69) is 57.6 Å². The van der Waals surface area contributed by atoms with Crippen LogP contribution in [0, 0.1) is 28.1 Å². The fraction of sp³-hybridized carbons (Fsp3) is 0.815. The average molecular weight is 500 g/mol. The second-order valence-corrected chi connectivity index (χ2v) is 11.5. The Morgan fingerprint density at radius 1 is 1.28 bits per heavy atom. The first kappa shape index (κ1) is 27.2. The largest absolute Gasteiger partial charge is 0.350 e. The molecule has 6 atom stereocenters. The van der Waals surface area contributed by atoms with Crippen LogP contribution in [-0.4, -0.2) is 92.2 Å². The Kier molecular flexibility index (Phi) is 8.52. The van der Waals surface area contributed by atoms with E-state index < -0.39 is 12.1 Å². The number of nitrogens with zero attached hydrogens (tertiary/aromatic N) is 3. The van der Waals surface area contributed by atoms with E-state index in [4.69, 9.17) is 11.5 Å². The molecule has 3 fully saturated rings. The molecular formula is C27H47N8O+. The van der Waals surface area contributed by atoms with Crippen LogP contribution in [0.2, 0.25) is 0 Å². The molecule has 1 aliphatic carbocycles. The summed E-state index contributed by atoms with van der Waals surface area (Å²) < 4.78 is 2.11. The van der Waals surface area contributed by atoms with Crippen LogP contribution in [0.4, 0.5) is 0 Å². The van der Waals surface area contributed by atoms with Crippen LogP contribution in [0.5, 0.6) is 0 Å². The minimum atomic E-state index is -0.772. The number of carbonyl (C=O) groups is 1. The fourth-order valence-electron chi connectivity index (χ4n) is 7.45. The van der Waals surface area contributed by atoms with Crippen molar-refractivity contribution in [3.8, 4) is 6.07 Å². The van der Waals surface area contributed by atoms with E-state index in [9.17, 15) is 10.1 Å². The van der Waals surface area contributed by atoms with Gasteiger partial charge in [-0.2, -0.15) is 5.26 Å². The fourth-order valence-corrected chi connectivity index (χ4v) is 7.45. The molecule has 0 aromatic carbocycles. The summed E-state index contributed by atoms with van der Waals surface area (Å²) in [6.07, 6.45) is 9.03. The summed E-state index contributed by atoms with van der Waals surface area (Å²) in [5, 5.41) is 19.8. The van der Waals surface area contributed by atoms with Crippen molar-refractivity contribution >= 4 is 12.1 Å². The molecule has 7 N–H and O–H groups in total. The molecule has 200 valence electrons. The van der Waals surface area contributed by atoms with E-state index in [0.29, 0.717) is 12.5 Å². The molecule has 0 aromatic rings. The number of nitriles is 1. The number of nitrogens with one attached hydrogen (secondary N) is 3. The van der Waals surface area contributed by atoms with Crippen LogP contribution in [0.25, 0.3) is 0 Å². The van der Waals surface area contributed by atoms with Crippen molar-refractivity contribution in [3.05, 3.63) is 11.6 Å². The maximum atomic E-state index is 14.0. The molecule has 6 unspecified atom stereocenters. The number of fused-ring (bicyclic) bond motifs is 1. The number of piperazine rings is 1. The lowest BCUT2D eigenvalue weighted by Gasteiger charge is -2.43. The van der Waals surface area contributed by atoms with E-state index in [1.54, 1.807) is 0 Å². The molecule has 0 aromatic heterocycles. The topological polar surface area (TPSA) is 135 Å². The number of hydrogen-bond donors (Lipinski definition) is 5. The third-order valence-electron chi connectivity index (χ3n) is 9.66. The third kappa shape index (κ3) is 5.25. The van der Waals surface area contributed by atoms with E-state index in [-0.39, 0.29) is 28.8 Å². The SMILES string of the molecule is CCC12C=C(CC#N)C=[N+](C)C(C(C(=O)NC3CNCCC3N3CCNCC3)C(N)N)CC1(CC)C2. The molecule has 0 spiro atoms. The van der Waals surface area contributed by atoms with Crippen molar-refractivity contribution in [2.45, 2.75) is 76.7 Å². The average Bonchev–Trinajstić information content (AvgIpc) is 3.49. The van der Waals surface area contributed by atoms with Crippen LogP contribution in [0.15, 0.2) is 11.6 Å². The molecule has 0 radical (unpaired) electrons. The summed E-state index contributed by atoms with van der Waals surface area (Å²) in [4.78, 5) is 16.5. The van der Waals surface area contributed by atoms with Gasteiger partial charge in [-0.25, -0.2) is 4.58 Å². The predicted octanol–water partition coefficient (Wildman–Crippen LogP) is 0.120. The molecular weight excluding hydrogens is 452 g/mol. The number of amides is 1. The lowest BCUT2D eigenvalue weighted by atomic mass is 9.77. The van der Waals surface area contributed by atoms with Crippen molar-refractivity contribution in [1.82, 2.24) is 20.9 Å². The van der Waals surface area contributed by atoms with Crippen molar-refractivity contribution in [3.63, 3.8) is 0 Å². The van der Waals surface area contributed by atoms with Gasteiger partial charge in [-0.3, -0.25) is 9.69 Å². The first-order chi connectivity index (χ1) is 17.3. The molecule has 9 heteroatoms. The second-order valence-electron chi connectivity index (χ2n) is 11.5. The maximum absolute atomic E-state index is 14.0. The summed E-state index contributed by atoms with van der Waals surface area (Å²) in [5.74, 6) is -0.596. The zero-order chi connectivity index (χ0) is 25.9. The van der Waals surface area contributed by atoms with Gasteiger partial charge in [0.25, 0.3) is 0 Å². The summed E-state index contributed by atoms with van der Waals surface area (Å²) >= 11 is 0. The number of rotatable bonds is 8. The second kappa shape index (κ2) is 11.3. The minimum absolute atomic E-state index is 0.0262. The smallest absolute Gasteiger partial charge is 0.233 e. The van der Waals surface area contributed by atoms with Crippen molar-refractivity contribution < 1.29 is 9.37 Å². The number of allylic oxidation sites excluding steroid dienone is 2. The quantitative estimate of drug-likeness (QED) is 0.236. The van der Waals surface area contributed by atoms with Gasteiger partial charge in [0.15, 0.2) is 12.3 Å². The van der Waals surface area contributed by atoms with Crippen LogP contribution in [0.1, 0.15) is 52.4 Å². The van der Waals surface area contributed by atoms with Crippen LogP contribution < -0.4 is 27.4 Å². The Bertz CT molecular complexity index is 904. The van der Waals surface area contributed by atoms with Crippen molar-refractivity contribution in [1.29, 1.82) is 5.26 Å². The summed E-state index contributed by atoms with van der Waals surface area (Å²) in [6, 6.07) is 2.54. The highest BCUT2D eigenvalue weighted by atomic mass is 16.2. The van der Waals surface area contributed by atoms with Gasteiger partial charge in [-0.05, 0) is 43.1 Å². The molecule has 9 nitrogen and oxygen atoms in total. The molecule has 1 saturated carbocycles. The lowest BCUT2D eigenvalue weighted by molar-refractivity contribution is -0.544. The highest BCUT2D eigenvalue weighted by Gasteiger charge is 2.66. The monoisotopic (exact) mass is 499 g/mol. The molecule has 3 heterocycles. The number of nitrogens with two attached hydrogens (primary N) is 2. The van der Waals surface area contributed by atoms with Gasteiger partial charge in [0.1, 0.15) is 13.0 Å². The molecule has 1 amide bonds. The first-order valence-corrected chi connectivity index (χ1v) is 13.9. The van der Waals surface area contributed by atoms with Gasteiger partial charge in [-0.15, -0.1) is 0 Å². The Morgan fingerprint density at radius 2 is 2.03 bits per heavy atom. The van der Waals surface area contributed by atoms with E-state index in [1.165, 1.54) is 0 Å². The summed E-state index contributed by atoms with van der Waals surface area (Å²) in [5.41, 5.74) is 14.0. The molecule has 2 saturated heterocycles. The third-order valence-corrected chi connectivity index (χ3v) is 9.66. The molecule has 3 aliphatic heterocycles. The number of hydrogen-bond acceptors (Lipinski definition) is 7. The Hall–Kier alpha value is -1.83. The highest BCUT2D eigenvalue weighted by Crippen LogP contribution is 2.71. The summed E-state index contributed by atoms with van der Waals surface area (Å²) in [7, 11) is 2.01. The van der Waals surface area contributed by atoms with Gasteiger partial charge in [0.2, 0.25) is 5.91 Å². The standard InChI is InChI=1S/C27H46N8O/c1-4-26-14-19(6-8-28)17-34(3)22(15-27(26,5-2)18-26)23(24(29)30)25(36)33-20-16-32-9-7-21(20)35-12-10-31-11-13-35/h14,17,20-24,31-32H,4-7,9-13,15-16,18,29-30H2,1-3H3/p+1. The number of piperidine rings is 1. The molecule has 4 rings (SSSR count). The Labute approximate surface area is 216 Å². The lowest BCUT2D eigenvalue weighted by Crippen LogP contribution is -2.65. The van der Waals surface area contributed by atoms with Gasteiger partial charge >= 0.3 is 0 Å². The zero-order valence-electron chi connectivity index (χ0n) is 22.4. The van der Waals surface area contributed by atoms with Crippen molar-refractivity contribution in [2.24, 2.45) is 28.2 Å². The number of carbonyl (C=O) groups excluding carboxylic acids is 1. The molecule has 4 aliphatic rings. The zero-order valence-corrected chi connectivity index (χ0v) is 22.4. The molecule has 36 heavy (non-hydrogen) atoms. The van der Waals surface area contributed by atoms with Gasteiger partial charge in [0, 0.05) is 50.8 Å². The first-order valence-electron chi connectivity index (χ1n) is 13.9. The maximum Gasteiger partial charge on any atom is 0.233 e. The normalized spacial score (nSPS) is 36.0. The molecule has 0 bridgehead atoms. The highest BCUT2D eigenvalue weighted by molar-refractivity contribution is 5.81. The summed E-state index contributed by atoms with van der Waals surface area (Å²) in [6.45, 7) is 10.2. The van der Waals surface area contributed by atoms with Crippen molar-refractivity contribution in [2.75, 3.05) is 46.3 Å². The Morgan fingerprint density at radius 3 is 2.67 bits per heavy atom. The van der Waals surface area contributed by atoms with Gasteiger partial charge in [-0.1, -0.05) is 19.9 Å².